The number of nitriles is 1. The van der Waals surface area contributed by atoms with Crippen LogP contribution in [0.2, 0.25) is 5.02 Å². The number of carbonyl (C=O) groups is 1. The minimum absolute atomic E-state index is 0.0171. The molecule has 0 unspecified atom stereocenters. The summed E-state index contributed by atoms with van der Waals surface area (Å²) in [6.45, 7) is 6.88. The van der Waals surface area contributed by atoms with Crippen LogP contribution in [-0.4, -0.2) is 62.4 Å². The number of ether oxygens (including phenoxy) is 2. The van der Waals surface area contributed by atoms with Crippen molar-refractivity contribution < 1.29 is 24.5 Å². The predicted molar refractivity (Wildman–Crippen MR) is 190 cm³/mol. The van der Waals surface area contributed by atoms with Gasteiger partial charge in [0.15, 0.2) is 0 Å². The summed E-state index contributed by atoms with van der Waals surface area (Å²) in [4.78, 5) is 31.9. The minimum Gasteiger partial charge on any atom is -0.488 e. The molecule has 12 heteroatoms. The van der Waals surface area contributed by atoms with Gasteiger partial charge in [-0.3, -0.25) is 19.9 Å². The highest BCUT2D eigenvalue weighted by molar-refractivity contribution is 6.32. The lowest BCUT2D eigenvalue weighted by Gasteiger charge is -2.25. The van der Waals surface area contributed by atoms with Crippen molar-refractivity contribution in [2.75, 3.05) is 26.2 Å². The maximum atomic E-state index is 13.5. The fourth-order valence-corrected chi connectivity index (χ4v) is 6.15. The number of benzene rings is 2. The summed E-state index contributed by atoms with van der Waals surface area (Å²) in [5.74, 6) is -0.509. The van der Waals surface area contributed by atoms with Crippen LogP contribution in [0.1, 0.15) is 54.0 Å². The largest absolute Gasteiger partial charge is 0.488 e. The molecular formula is C38H42ClN5O6. The van der Waals surface area contributed by atoms with Crippen molar-refractivity contribution >= 4 is 17.6 Å². The number of hydrogen-bond donors (Lipinski definition) is 3. The zero-order valence-electron chi connectivity index (χ0n) is 28.3. The number of nitrogens with zero attached hydrogens (tertiary/aromatic N) is 4. The lowest BCUT2D eigenvalue weighted by atomic mass is 9.97. The van der Waals surface area contributed by atoms with Crippen molar-refractivity contribution in [2.45, 2.75) is 65.0 Å². The first-order valence-corrected chi connectivity index (χ1v) is 17.0. The Balaban J connectivity index is 1.35. The molecule has 1 aliphatic rings. The summed E-state index contributed by atoms with van der Waals surface area (Å²) >= 11 is 6.69. The van der Waals surface area contributed by atoms with Gasteiger partial charge in [0.2, 0.25) is 0 Å². The summed E-state index contributed by atoms with van der Waals surface area (Å²) in [6, 6.07) is 16.5. The first kappa shape index (κ1) is 36.5. The van der Waals surface area contributed by atoms with E-state index in [9.17, 15) is 25.1 Å². The Bertz CT molecular complexity index is 1920. The van der Waals surface area contributed by atoms with Gasteiger partial charge in [0.25, 0.3) is 5.56 Å². The number of halogens is 1. The van der Waals surface area contributed by atoms with Crippen molar-refractivity contribution in [1.29, 1.82) is 5.26 Å². The number of nitrogens with one attached hydrogen (secondary N) is 1. The smallest absolute Gasteiger partial charge is 0.326 e. The molecule has 1 fully saturated rings. The van der Waals surface area contributed by atoms with Crippen molar-refractivity contribution in [1.82, 2.24) is 19.8 Å². The summed E-state index contributed by atoms with van der Waals surface area (Å²) < 4.78 is 14.2. The van der Waals surface area contributed by atoms with E-state index in [2.05, 4.69) is 21.3 Å². The third kappa shape index (κ3) is 8.89. The highest BCUT2D eigenvalue weighted by Crippen LogP contribution is 2.35. The second kappa shape index (κ2) is 16.8. The van der Waals surface area contributed by atoms with Gasteiger partial charge in [0, 0.05) is 54.4 Å². The molecule has 0 aliphatic carbocycles. The number of aliphatic carboxylic acids is 1. The van der Waals surface area contributed by atoms with E-state index < -0.39 is 18.1 Å². The van der Waals surface area contributed by atoms with Crippen molar-refractivity contribution in [3.63, 3.8) is 0 Å². The van der Waals surface area contributed by atoms with E-state index in [1.807, 2.05) is 43.5 Å². The molecule has 4 aromatic rings. The molecule has 50 heavy (non-hydrogen) atoms. The van der Waals surface area contributed by atoms with Gasteiger partial charge >= 0.3 is 5.97 Å². The van der Waals surface area contributed by atoms with Crippen LogP contribution in [0.25, 0.3) is 11.1 Å². The summed E-state index contributed by atoms with van der Waals surface area (Å²) in [6.07, 6.45) is 8.30. The molecule has 1 atom stereocenters. The standard InChI is InChI=1S/C38H42ClN5O6/c1-26-29(8-5-9-31(26)32-10-6-14-44(36(32)46)15-7-13-43-11-3-4-12-43)24-50-35-18-34(49-23-28-16-27(19-40)20-41-21-28)30(17-33(35)39)22-42-38(2,25-45)37(47)48/h5-6,8-10,14,16-18,20-21,42,45H,3-4,7,11-13,15,22-25H2,1-2H3,(H,47,48)/t38-/m0/s1. The van der Waals surface area contributed by atoms with E-state index >= 15 is 0 Å². The Morgan fingerprint density at radius 3 is 2.54 bits per heavy atom. The second-order valence-corrected chi connectivity index (χ2v) is 13.1. The predicted octanol–water partition coefficient (Wildman–Crippen LogP) is 5.31. The van der Waals surface area contributed by atoms with Crippen LogP contribution in [0.4, 0.5) is 0 Å². The van der Waals surface area contributed by atoms with Gasteiger partial charge in [0.1, 0.15) is 36.3 Å². The third-order valence-electron chi connectivity index (χ3n) is 9.10. The van der Waals surface area contributed by atoms with Gasteiger partial charge < -0.3 is 29.2 Å². The molecular weight excluding hydrogens is 658 g/mol. The second-order valence-electron chi connectivity index (χ2n) is 12.7. The van der Waals surface area contributed by atoms with Gasteiger partial charge in [-0.2, -0.15) is 5.26 Å². The average molecular weight is 700 g/mol. The Morgan fingerprint density at radius 2 is 1.80 bits per heavy atom. The Hall–Kier alpha value is -4.73. The van der Waals surface area contributed by atoms with E-state index in [1.165, 1.54) is 26.0 Å². The lowest BCUT2D eigenvalue weighted by Crippen LogP contribution is -2.52. The molecule has 0 saturated carbocycles. The first-order chi connectivity index (χ1) is 24.1. The van der Waals surface area contributed by atoms with E-state index in [4.69, 9.17) is 21.1 Å². The fourth-order valence-electron chi connectivity index (χ4n) is 5.91. The highest BCUT2D eigenvalue weighted by Gasteiger charge is 2.32. The number of rotatable bonds is 16. The molecule has 2 aromatic carbocycles. The molecule has 2 aromatic heterocycles. The average Bonchev–Trinajstić information content (AvgIpc) is 3.64. The molecule has 3 heterocycles. The molecule has 0 amide bonds. The van der Waals surface area contributed by atoms with Crippen LogP contribution >= 0.6 is 11.6 Å². The van der Waals surface area contributed by atoms with Crippen LogP contribution in [0.15, 0.2) is 71.9 Å². The molecule has 3 N–H and O–H groups in total. The molecule has 0 bridgehead atoms. The number of carboxylic acids is 1. The molecule has 0 spiro atoms. The number of aromatic nitrogens is 2. The zero-order valence-corrected chi connectivity index (χ0v) is 29.1. The van der Waals surface area contributed by atoms with Gasteiger partial charge in [-0.05, 0) is 93.7 Å². The SMILES string of the molecule is Cc1c(COc2cc(OCc3cncc(C#N)c3)c(CN[C@@](C)(CO)C(=O)O)cc2Cl)cccc1-c1cccn(CCCN2CCCC2)c1=O. The van der Waals surface area contributed by atoms with Crippen LogP contribution in [0, 0.1) is 18.3 Å². The summed E-state index contributed by atoms with van der Waals surface area (Å²) in [7, 11) is 0. The molecule has 1 aliphatic heterocycles. The number of pyridine rings is 2. The van der Waals surface area contributed by atoms with E-state index in [1.54, 1.807) is 29.0 Å². The van der Waals surface area contributed by atoms with Crippen molar-refractivity contribution in [3.05, 3.63) is 110 Å². The Kier molecular flexibility index (Phi) is 12.3. The molecule has 11 nitrogen and oxygen atoms in total. The van der Waals surface area contributed by atoms with Crippen LogP contribution < -0.4 is 20.3 Å². The number of hydrogen-bond acceptors (Lipinski definition) is 9. The van der Waals surface area contributed by atoms with Gasteiger partial charge in [-0.25, -0.2) is 0 Å². The maximum absolute atomic E-state index is 13.5. The fraction of sp³-hybridized carbons (Fsp3) is 0.368. The van der Waals surface area contributed by atoms with Gasteiger partial charge in [0.05, 0.1) is 17.2 Å². The Labute approximate surface area is 296 Å². The number of carboxylic acid groups (broad SMARTS) is 1. The monoisotopic (exact) mass is 699 g/mol. The topological polar surface area (TPSA) is 150 Å². The van der Waals surface area contributed by atoms with Crippen molar-refractivity contribution in [3.8, 4) is 28.7 Å². The molecule has 5 rings (SSSR count). The lowest BCUT2D eigenvalue weighted by molar-refractivity contribution is -0.145. The summed E-state index contributed by atoms with van der Waals surface area (Å²) in [5, 5.41) is 31.7. The van der Waals surface area contributed by atoms with E-state index in [0.29, 0.717) is 40.3 Å². The molecule has 1 saturated heterocycles. The van der Waals surface area contributed by atoms with Crippen LogP contribution in [0.5, 0.6) is 11.5 Å². The van der Waals surface area contributed by atoms with Crippen LogP contribution in [-0.2, 0) is 31.1 Å². The number of likely N-dealkylation sites (tertiary alicyclic amines) is 1. The van der Waals surface area contributed by atoms with Gasteiger partial charge in [-0.15, -0.1) is 0 Å². The van der Waals surface area contributed by atoms with Crippen molar-refractivity contribution in [2.24, 2.45) is 0 Å². The third-order valence-corrected chi connectivity index (χ3v) is 9.40. The molecule has 0 radical (unpaired) electrons. The van der Waals surface area contributed by atoms with E-state index in [0.717, 1.165) is 42.7 Å². The number of aliphatic hydroxyl groups is 1. The van der Waals surface area contributed by atoms with Gasteiger partial charge in [-0.1, -0.05) is 29.8 Å². The number of aryl methyl sites for hydroxylation is 1. The highest BCUT2D eigenvalue weighted by atomic mass is 35.5. The Morgan fingerprint density at radius 1 is 1.04 bits per heavy atom. The maximum Gasteiger partial charge on any atom is 0.326 e. The minimum atomic E-state index is -1.60. The quantitative estimate of drug-likeness (QED) is 0.140. The summed E-state index contributed by atoms with van der Waals surface area (Å²) in [5.41, 5.74) is 3.20. The number of aliphatic hydroxyl groups excluding tert-OH is 1. The zero-order chi connectivity index (χ0) is 35.7. The van der Waals surface area contributed by atoms with Crippen LogP contribution in [0.3, 0.4) is 0 Å². The normalized spacial score (nSPS) is 14.2. The van der Waals surface area contributed by atoms with E-state index in [-0.39, 0.29) is 30.3 Å². The molecule has 262 valence electrons. The first-order valence-electron chi connectivity index (χ1n) is 16.6.